The van der Waals surface area contributed by atoms with Crippen molar-refractivity contribution >= 4 is 6.09 Å². The molecule has 0 spiro atoms. The van der Waals surface area contributed by atoms with Gasteiger partial charge in [-0.3, -0.25) is 0 Å². The zero-order valence-corrected chi connectivity index (χ0v) is 13.7. The van der Waals surface area contributed by atoms with Gasteiger partial charge >= 0.3 is 6.09 Å². The van der Waals surface area contributed by atoms with Crippen molar-refractivity contribution in [3.8, 4) is 0 Å². The van der Waals surface area contributed by atoms with Crippen molar-refractivity contribution in [1.29, 1.82) is 0 Å². The van der Waals surface area contributed by atoms with Gasteiger partial charge in [0.15, 0.2) is 0 Å². The molecule has 0 aliphatic heterocycles. The van der Waals surface area contributed by atoms with Crippen molar-refractivity contribution in [1.82, 2.24) is 4.90 Å². The van der Waals surface area contributed by atoms with Crippen LogP contribution in [0.25, 0.3) is 0 Å². The number of rotatable bonds is 6. The van der Waals surface area contributed by atoms with Gasteiger partial charge in [-0.25, -0.2) is 4.79 Å². The van der Waals surface area contributed by atoms with E-state index in [4.69, 9.17) is 4.74 Å². The highest BCUT2D eigenvalue weighted by Gasteiger charge is 2.33. The maximum atomic E-state index is 12.1. The van der Waals surface area contributed by atoms with Crippen LogP contribution >= 0.6 is 0 Å². The minimum Gasteiger partial charge on any atom is -0.449 e. The largest absolute Gasteiger partial charge is 0.449 e. The van der Waals surface area contributed by atoms with E-state index in [9.17, 15) is 9.90 Å². The fourth-order valence-electron chi connectivity index (χ4n) is 2.33. The van der Waals surface area contributed by atoms with Gasteiger partial charge in [0, 0.05) is 17.5 Å². The smallest absolute Gasteiger partial charge is 0.410 e. The second-order valence-electron chi connectivity index (χ2n) is 6.83. The third kappa shape index (κ3) is 5.39. The maximum absolute atomic E-state index is 12.1. The van der Waals surface area contributed by atoms with Crippen LogP contribution in [0.2, 0.25) is 0 Å². The van der Waals surface area contributed by atoms with Gasteiger partial charge < -0.3 is 14.7 Å². The van der Waals surface area contributed by atoms with Crippen LogP contribution in [0, 0.1) is 11.3 Å². The first-order valence-electron chi connectivity index (χ1n) is 7.13. The van der Waals surface area contributed by atoms with Gasteiger partial charge in [0.25, 0.3) is 0 Å². The van der Waals surface area contributed by atoms with Crippen LogP contribution in [0.3, 0.4) is 0 Å². The molecule has 0 bridgehead atoms. The van der Waals surface area contributed by atoms with E-state index in [2.05, 4.69) is 0 Å². The summed E-state index contributed by atoms with van der Waals surface area (Å²) in [5, 5.41) is 10.1. The number of aliphatic hydroxyl groups is 1. The Hall–Kier alpha value is -0.770. The molecule has 0 aliphatic carbocycles. The molecule has 0 aromatic carbocycles. The molecular weight excluding hydrogens is 242 g/mol. The summed E-state index contributed by atoms with van der Waals surface area (Å²) in [6.45, 7) is 15.8. The molecule has 0 aromatic heterocycles. The first-order chi connectivity index (χ1) is 8.50. The van der Waals surface area contributed by atoms with Crippen LogP contribution in [-0.2, 0) is 4.74 Å². The first kappa shape index (κ1) is 18.2. The molecule has 0 saturated heterocycles. The minimum atomic E-state index is -0.494. The van der Waals surface area contributed by atoms with Crippen LogP contribution < -0.4 is 0 Å². The quantitative estimate of drug-likeness (QED) is 0.808. The number of hydrogen-bond acceptors (Lipinski definition) is 3. The number of nitrogens with zero attached hydrogens (tertiary/aromatic N) is 1. The number of aliphatic hydroxyl groups excluding tert-OH is 1. The monoisotopic (exact) mass is 273 g/mol. The number of carbonyl (C=O) groups is 1. The third-order valence-electron chi connectivity index (χ3n) is 3.32. The SMILES string of the molecule is CC(C)C(O)C(C)(C)COC(=O)N(C(C)C)C(C)C. The van der Waals surface area contributed by atoms with E-state index in [0.29, 0.717) is 0 Å². The third-order valence-corrected chi connectivity index (χ3v) is 3.32. The Labute approximate surface area is 118 Å². The van der Waals surface area contributed by atoms with Crippen LogP contribution in [0.1, 0.15) is 55.4 Å². The van der Waals surface area contributed by atoms with Gasteiger partial charge in [0.2, 0.25) is 0 Å². The number of hydrogen-bond donors (Lipinski definition) is 1. The fraction of sp³-hybridized carbons (Fsp3) is 0.933. The molecule has 19 heavy (non-hydrogen) atoms. The molecular formula is C15H31NO3. The molecule has 0 heterocycles. The van der Waals surface area contributed by atoms with E-state index in [0.717, 1.165) is 0 Å². The summed E-state index contributed by atoms with van der Waals surface area (Å²) in [7, 11) is 0. The number of amides is 1. The highest BCUT2D eigenvalue weighted by Crippen LogP contribution is 2.26. The molecule has 1 atom stereocenters. The van der Waals surface area contributed by atoms with E-state index in [1.807, 2.05) is 55.4 Å². The van der Waals surface area contributed by atoms with E-state index in [1.165, 1.54) is 0 Å². The van der Waals surface area contributed by atoms with Gasteiger partial charge in [-0.05, 0) is 33.6 Å². The molecule has 0 rings (SSSR count). The average Bonchev–Trinajstić information content (AvgIpc) is 2.24. The summed E-state index contributed by atoms with van der Waals surface area (Å²) < 4.78 is 5.39. The molecule has 0 aliphatic rings. The fourth-order valence-corrected chi connectivity index (χ4v) is 2.33. The number of carbonyl (C=O) groups excluding carboxylic acids is 1. The van der Waals surface area contributed by atoms with Crippen molar-refractivity contribution in [3.63, 3.8) is 0 Å². The van der Waals surface area contributed by atoms with Crippen molar-refractivity contribution in [2.45, 2.75) is 73.6 Å². The Kier molecular flexibility index (Phi) is 6.84. The lowest BCUT2D eigenvalue weighted by atomic mass is 9.81. The van der Waals surface area contributed by atoms with Gasteiger partial charge in [0.1, 0.15) is 6.61 Å². The Morgan fingerprint density at radius 3 is 1.84 bits per heavy atom. The normalized spacial score (nSPS) is 14.1. The lowest BCUT2D eigenvalue weighted by molar-refractivity contribution is -0.0340. The van der Waals surface area contributed by atoms with Crippen molar-refractivity contribution in [3.05, 3.63) is 0 Å². The molecule has 0 aromatic rings. The van der Waals surface area contributed by atoms with Gasteiger partial charge in [-0.15, -0.1) is 0 Å². The molecule has 0 saturated carbocycles. The summed E-state index contributed by atoms with van der Waals surface area (Å²) in [5.74, 6) is 0.139. The van der Waals surface area contributed by atoms with Crippen LogP contribution in [0.15, 0.2) is 0 Å². The van der Waals surface area contributed by atoms with Crippen molar-refractivity contribution < 1.29 is 14.6 Å². The van der Waals surface area contributed by atoms with Crippen molar-refractivity contribution in [2.75, 3.05) is 6.61 Å². The molecule has 1 amide bonds. The Morgan fingerprint density at radius 2 is 1.53 bits per heavy atom. The highest BCUT2D eigenvalue weighted by atomic mass is 16.6. The summed E-state index contributed by atoms with van der Waals surface area (Å²) in [6.07, 6.45) is -0.805. The predicted octanol–water partition coefficient (Wildman–Crippen LogP) is 3.28. The molecule has 1 N–H and O–H groups in total. The van der Waals surface area contributed by atoms with E-state index < -0.39 is 11.5 Å². The average molecular weight is 273 g/mol. The van der Waals surface area contributed by atoms with E-state index in [-0.39, 0.29) is 30.7 Å². The molecule has 4 heteroatoms. The lowest BCUT2D eigenvalue weighted by Gasteiger charge is -2.35. The summed E-state index contributed by atoms with van der Waals surface area (Å²) >= 11 is 0. The predicted molar refractivity (Wildman–Crippen MR) is 78.1 cm³/mol. The van der Waals surface area contributed by atoms with E-state index >= 15 is 0 Å². The van der Waals surface area contributed by atoms with Crippen LogP contribution in [0.4, 0.5) is 4.79 Å². The zero-order valence-electron chi connectivity index (χ0n) is 13.7. The topological polar surface area (TPSA) is 49.8 Å². The van der Waals surface area contributed by atoms with Crippen molar-refractivity contribution in [2.24, 2.45) is 11.3 Å². The number of ether oxygens (including phenoxy) is 1. The molecule has 4 nitrogen and oxygen atoms in total. The summed E-state index contributed by atoms with van der Waals surface area (Å²) in [4.78, 5) is 13.8. The van der Waals surface area contributed by atoms with Gasteiger partial charge in [-0.2, -0.15) is 0 Å². The molecule has 114 valence electrons. The summed E-state index contributed by atoms with van der Waals surface area (Å²) in [5.41, 5.74) is -0.441. The van der Waals surface area contributed by atoms with Crippen LogP contribution in [-0.4, -0.2) is 40.9 Å². The first-order valence-corrected chi connectivity index (χ1v) is 7.13. The van der Waals surface area contributed by atoms with E-state index in [1.54, 1.807) is 4.90 Å². The lowest BCUT2D eigenvalue weighted by Crippen LogP contribution is -2.45. The summed E-state index contributed by atoms with van der Waals surface area (Å²) in [6, 6.07) is 0.205. The second-order valence-corrected chi connectivity index (χ2v) is 6.83. The zero-order chi connectivity index (χ0) is 15.4. The Morgan fingerprint density at radius 1 is 1.11 bits per heavy atom. The Bertz CT molecular complexity index is 277. The molecule has 0 radical (unpaired) electrons. The molecule has 0 fully saturated rings. The maximum Gasteiger partial charge on any atom is 0.410 e. The van der Waals surface area contributed by atoms with Crippen LogP contribution in [0.5, 0.6) is 0 Å². The second kappa shape index (κ2) is 7.13. The van der Waals surface area contributed by atoms with Gasteiger partial charge in [-0.1, -0.05) is 27.7 Å². The standard InChI is InChI=1S/C15H31NO3/c1-10(2)13(17)15(7,8)9-19-14(18)16(11(3)4)12(5)6/h10-13,17H,9H2,1-8H3. The minimum absolute atomic E-state index is 0.102. The highest BCUT2D eigenvalue weighted by molar-refractivity contribution is 5.68. The Balaban J connectivity index is 4.59. The molecule has 1 unspecified atom stereocenters. The van der Waals surface area contributed by atoms with Gasteiger partial charge in [0.05, 0.1) is 6.10 Å².